The zero-order valence-corrected chi connectivity index (χ0v) is 19.2. The Morgan fingerprint density at radius 3 is 2.26 bits per heavy atom. The number of benzene rings is 2. The molecular formula is C24H27N3O3S. The van der Waals surface area contributed by atoms with Gasteiger partial charge in [-0.2, -0.15) is 0 Å². The molecule has 0 aliphatic heterocycles. The number of sulfonamides is 1. The number of carbonyl (C=O) groups excluding carboxylic acids is 1. The van der Waals surface area contributed by atoms with Crippen LogP contribution in [0, 0.1) is 27.7 Å². The van der Waals surface area contributed by atoms with E-state index in [1.807, 2.05) is 38.1 Å². The average molecular weight is 438 g/mol. The fraction of sp³-hybridized carbons (Fsp3) is 0.250. The number of aromatic nitrogens is 1. The number of hydrogen-bond acceptors (Lipinski definition) is 4. The minimum Gasteiger partial charge on any atom is -0.345 e. The first-order valence-electron chi connectivity index (χ1n) is 10.0. The normalized spacial score (nSPS) is 12.3. The Morgan fingerprint density at radius 1 is 0.968 bits per heavy atom. The van der Waals surface area contributed by atoms with E-state index in [9.17, 15) is 13.2 Å². The van der Waals surface area contributed by atoms with Crippen molar-refractivity contribution in [1.29, 1.82) is 0 Å². The molecule has 31 heavy (non-hydrogen) atoms. The average Bonchev–Trinajstić information content (AvgIpc) is 2.69. The van der Waals surface area contributed by atoms with Gasteiger partial charge in [0.2, 0.25) is 0 Å². The van der Waals surface area contributed by atoms with E-state index in [-0.39, 0.29) is 16.8 Å². The van der Waals surface area contributed by atoms with Crippen LogP contribution in [0.1, 0.15) is 51.1 Å². The van der Waals surface area contributed by atoms with Crippen molar-refractivity contribution in [3.05, 3.63) is 88.2 Å². The monoisotopic (exact) mass is 437 g/mol. The number of nitrogens with one attached hydrogen (secondary N) is 2. The van der Waals surface area contributed by atoms with Crippen LogP contribution in [0.2, 0.25) is 0 Å². The third-order valence-corrected chi connectivity index (χ3v) is 6.82. The summed E-state index contributed by atoms with van der Waals surface area (Å²) >= 11 is 0. The predicted octanol–water partition coefficient (Wildman–Crippen LogP) is 4.61. The van der Waals surface area contributed by atoms with E-state index in [0.717, 1.165) is 16.7 Å². The molecule has 1 aromatic heterocycles. The first-order chi connectivity index (χ1) is 14.6. The maximum absolute atomic E-state index is 13.1. The highest BCUT2D eigenvalue weighted by Gasteiger charge is 2.21. The van der Waals surface area contributed by atoms with E-state index in [2.05, 4.69) is 15.0 Å². The van der Waals surface area contributed by atoms with Gasteiger partial charge in [0, 0.05) is 18.0 Å². The maximum Gasteiger partial charge on any atom is 0.262 e. The molecule has 3 rings (SSSR count). The highest BCUT2D eigenvalue weighted by Crippen LogP contribution is 2.26. The Morgan fingerprint density at radius 2 is 1.65 bits per heavy atom. The predicted molar refractivity (Wildman–Crippen MR) is 123 cm³/mol. The van der Waals surface area contributed by atoms with Gasteiger partial charge in [0.05, 0.1) is 16.6 Å². The molecule has 2 N–H and O–H groups in total. The Bertz CT molecular complexity index is 1200. The van der Waals surface area contributed by atoms with Crippen LogP contribution < -0.4 is 10.0 Å². The minimum atomic E-state index is -3.81. The van der Waals surface area contributed by atoms with Gasteiger partial charge in [-0.1, -0.05) is 29.8 Å². The number of hydrogen-bond donors (Lipinski definition) is 2. The van der Waals surface area contributed by atoms with Gasteiger partial charge in [-0.3, -0.25) is 14.5 Å². The van der Waals surface area contributed by atoms with E-state index in [1.54, 1.807) is 51.4 Å². The largest absolute Gasteiger partial charge is 0.345 e. The maximum atomic E-state index is 13.1. The second-order valence-corrected chi connectivity index (χ2v) is 9.46. The Kier molecular flexibility index (Phi) is 6.45. The number of rotatable bonds is 6. The van der Waals surface area contributed by atoms with Crippen molar-refractivity contribution in [2.24, 2.45) is 0 Å². The summed E-state index contributed by atoms with van der Waals surface area (Å²) in [5, 5.41) is 2.92. The Hall–Kier alpha value is -3.19. The molecule has 0 aliphatic rings. The number of nitrogens with zero attached hydrogens (tertiary/aromatic N) is 1. The second kappa shape index (κ2) is 8.89. The Labute approximate surface area is 183 Å². The summed E-state index contributed by atoms with van der Waals surface area (Å²) in [5.74, 6) is -0.292. The second-order valence-electron chi connectivity index (χ2n) is 7.84. The van der Waals surface area contributed by atoms with Crippen molar-refractivity contribution < 1.29 is 13.2 Å². The van der Waals surface area contributed by atoms with Crippen LogP contribution in [-0.2, 0) is 10.0 Å². The van der Waals surface area contributed by atoms with Crippen LogP contribution in [-0.4, -0.2) is 19.3 Å². The van der Waals surface area contributed by atoms with Crippen molar-refractivity contribution >= 4 is 21.6 Å². The highest BCUT2D eigenvalue weighted by molar-refractivity contribution is 7.92. The number of aryl methyl sites for hydroxylation is 4. The van der Waals surface area contributed by atoms with Crippen LogP contribution in [0.5, 0.6) is 0 Å². The molecule has 6 nitrogen and oxygen atoms in total. The van der Waals surface area contributed by atoms with Crippen molar-refractivity contribution in [2.45, 2.75) is 45.6 Å². The van der Waals surface area contributed by atoms with Gasteiger partial charge < -0.3 is 5.32 Å². The van der Waals surface area contributed by atoms with E-state index in [1.165, 1.54) is 0 Å². The molecule has 0 aliphatic carbocycles. The molecule has 0 fully saturated rings. The lowest BCUT2D eigenvalue weighted by Crippen LogP contribution is -2.27. The molecule has 0 saturated heterocycles. The number of pyridine rings is 1. The molecule has 7 heteroatoms. The molecule has 0 bridgehead atoms. The Balaban J connectivity index is 1.87. The zero-order chi connectivity index (χ0) is 22.8. The van der Waals surface area contributed by atoms with Crippen LogP contribution in [0.25, 0.3) is 0 Å². The first-order valence-corrected chi connectivity index (χ1v) is 11.5. The van der Waals surface area contributed by atoms with Crippen LogP contribution in [0.4, 0.5) is 5.69 Å². The fourth-order valence-corrected chi connectivity index (χ4v) is 5.23. The summed E-state index contributed by atoms with van der Waals surface area (Å²) < 4.78 is 28.9. The highest BCUT2D eigenvalue weighted by atomic mass is 32.2. The minimum absolute atomic E-state index is 0.236. The van der Waals surface area contributed by atoms with E-state index < -0.39 is 10.0 Å². The van der Waals surface area contributed by atoms with Gasteiger partial charge in [0.15, 0.2) is 0 Å². The van der Waals surface area contributed by atoms with Crippen molar-refractivity contribution in [3.8, 4) is 0 Å². The lowest BCUT2D eigenvalue weighted by atomic mass is 10.1. The van der Waals surface area contributed by atoms with Gasteiger partial charge in [0.1, 0.15) is 0 Å². The fourth-order valence-electron chi connectivity index (χ4n) is 3.66. The molecule has 1 heterocycles. The molecule has 3 aromatic rings. The van der Waals surface area contributed by atoms with Gasteiger partial charge in [-0.15, -0.1) is 0 Å². The van der Waals surface area contributed by atoms with Gasteiger partial charge >= 0.3 is 0 Å². The van der Waals surface area contributed by atoms with Crippen molar-refractivity contribution in [2.75, 3.05) is 4.72 Å². The molecule has 0 spiro atoms. The van der Waals surface area contributed by atoms with Gasteiger partial charge in [-0.25, -0.2) is 8.42 Å². The van der Waals surface area contributed by atoms with Crippen LogP contribution in [0.3, 0.4) is 0 Å². The molecule has 1 unspecified atom stereocenters. The summed E-state index contributed by atoms with van der Waals surface area (Å²) in [4.78, 5) is 17.1. The van der Waals surface area contributed by atoms with Crippen molar-refractivity contribution in [1.82, 2.24) is 10.3 Å². The topological polar surface area (TPSA) is 88.2 Å². The van der Waals surface area contributed by atoms with E-state index in [0.29, 0.717) is 22.4 Å². The molecule has 2 aromatic carbocycles. The summed E-state index contributed by atoms with van der Waals surface area (Å²) in [6.07, 6.45) is 3.37. The lowest BCUT2D eigenvalue weighted by molar-refractivity contribution is 0.0940. The molecule has 1 atom stereocenters. The number of amides is 1. The van der Waals surface area contributed by atoms with Gasteiger partial charge in [0.25, 0.3) is 15.9 Å². The van der Waals surface area contributed by atoms with Crippen molar-refractivity contribution in [3.63, 3.8) is 0 Å². The molecular weight excluding hydrogens is 410 g/mol. The summed E-state index contributed by atoms with van der Waals surface area (Å²) in [6, 6.07) is 12.1. The van der Waals surface area contributed by atoms with Gasteiger partial charge in [-0.05, 0) is 75.1 Å². The van der Waals surface area contributed by atoms with E-state index >= 15 is 0 Å². The molecule has 162 valence electrons. The van der Waals surface area contributed by atoms with Crippen LogP contribution >= 0.6 is 0 Å². The zero-order valence-electron chi connectivity index (χ0n) is 18.4. The smallest absolute Gasteiger partial charge is 0.262 e. The van der Waals surface area contributed by atoms with E-state index in [4.69, 9.17) is 0 Å². The molecule has 1 amide bonds. The summed E-state index contributed by atoms with van der Waals surface area (Å²) in [6.45, 7) is 9.17. The molecule has 0 radical (unpaired) electrons. The summed E-state index contributed by atoms with van der Waals surface area (Å²) in [5.41, 5.74) is 4.73. The lowest BCUT2D eigenvalue weighted by Gasteiger charge is -2.17. The first kappa shape index (κ1) is 22.5. The quantitative estimate of drug-likeness (QED) is 0.590. The third-order valence-electron chi connectivity index (χ3n) is 5.15. The number of carbonyl (C=O) groups is 1. The number of anilines is 1. The third kappa shape index (κ3) is 5.11. The molecule has 0 saturated carbocycles. The summed E-state index contributed by atoms with van der Waals surface area (Å²) in [7, 11) is -3.81. The SMILES string of the molecule is Cc1cc(C)c(S(=O)(=O)Nc2cc(C(=O)NC(C)c3cccnc3)ccc2C)c(C)c1. The standard InChI is InChI=1S/C24H27N3O3S/c1-15-11-17(3)23(18(4)12-15)31(29,30)27-22-13-20(9-8-16(22)2)24(28)26-19(5)21-7-6-10-25-14-21/h6-14,19,27H,1-5H3,(H,26,28). The van der Waals surface area contributed by atoms with Crippen LogP contribution in [0.15, 0.2) is 59.8 Å².